The van der Waals surface area contributed by atoms with Crippen molar-refractivity contribution in [3.8, 4) is 11.8 Å². The summed E-state index contributed by atoms with van der Waals surface area (Å²) in [6, 6.07) is 1.20. The Morgan fingerprint density at radius 1 is 1.42 bits per heavy atom. The van der Waals surface area contributed by atoms with Crippen molar-refractivity contribution >= 4 is 22.6 Å². The van der Waals surface area contributed by atoms with Gasteiger partial charge in [-0.2, -0.15) is 4.39 Å². The van der Waals surface area contributed by atoms with Crippen molar-refractivity contribution in [1.82, 2.24) is 0 Å². The number of hydrogen-bond donors (Lipinski definition) is 0. The number of nitrogens with zero attached hydrogens (tertiary/aromatic N) is 1. The molecule has 1 rings (SSSR count). The fourth-order valence-corrected chi connectivity index (χ4v) is 1.67. The Balaban J connectivity index is 2.84. The summed E-state index contributed by atoms with van der Waals surface area (Å²) in [6.45, 7) is 1.42. The molecule has 0 fully saturated rings. The van der Waals surface area contributed by atoms with Gasteiger partial charge in [0.05, 0.1) is 10.5 Å². The van der Waals surface area contributed by atoms with E-state index in [1.165, 1.54) is 6.92 Å². The van der Waals surface area contributed by atoms with E-state index in [4.69, 9.17) is 0 Å². The number of halogens is 2. The molecule has 7 heteroatoms. The molecule has 4 nitrogen and oxygen atoms in total. The van der Waals surface area contributed by atoms with Crippen LogP contribution in [-0.2, 0) is 4.79 Å². The molecule has 0 atom stereocenters. The van der Waals surface area contributed by atoms with E-state index in [2.05, 4.69) is 11.8 Å². The van der Waals surface area contributed by atoms with E-state index in [0.29, 0.717) is 18.2 Å². The molecular formula is C12H9F2NO3S. The van der Waals surface area contributed by atoms with Gasteiger partial charge in [0.25, 0.3) is 0 Å². The molecule has 1 aromatic rings. The van der Waals surface area contributed by atoms with Gasteiger partial charge >= 0.3 is 5.69 Å². The predicted octanol–water partition coefficient (Wildman–Crippen LogP) is 2.89. The van der Waals surface area contributed by atoms with E-state index in [1.807, 2.05) is 0 Å². The fraction of sp³-hybridized carbons (Fsp3) is 0.250. The molecule has 0 amide bonds. The lowest BCUT2D eigenvalue weighted by Gasteiger charge is -1.97. The minimum absolute atomic E-state index is 0.0506. The highest BCUT2D eigenvalue weighted by molar-refractivity contribution is 8.13. The number of carbonyl (C=O) groups excluding carboxylic acids is 1. The molecule has 0 saturated heterocycles. The Labute approximate surface area is 112 Å². The Kier molecular flexibility index (Phi) is 5.45. The van der Waals surface area contributed by atoms with Crippen LogP contribution in [0.15, 0.2) is 12.1 Å². The average molecular weight is 285 g/mol. The zero-order chi connectivity index (χ0) is 14.4. The molecule has 1 aromatic carbocycles. The highest BCUT2D eigenvalue weighted by atomic mass is 32.2. The van der Waals surface area contributed by atoms with E-state index < -0.39 is 22.2 Å². The molecule has 100 valence electrons. The molecule has 0 heterocycles. The predicted molar refractivity (Wildman–Crippen MR) is 67.6 cm³/mol. The molecule has 0 aliphatic rings. The molecule has 0 unspecified atom stereocenters. The summed E-state index contributed by atoms with van der Waals surface area (Å²) in [5.41, 5.74) is -1.05. The molecular weight excluding hydrogens is 276 g/mol. The quantitative estimate of drug-likeness (QED) is 0.371. The van der Waals surface area contributed by atoms with Gasteiger partial charge in [0, 0.05) is 31.2 Å². The summed E-state index contributed by atoms with van der Waals surface area (Å²) in [6.07, 6.45) is 0.328. The van der Waals surface area contributed by atoms with Crippen LogP contribution in [0.4, 0.5) is 14.5 Å². The molecule has 0 N–H and O–H groups in total. The van der Waals surface area contributed by atoms with Crippen molar-refractivity contribution in [2.24, 2.45) is 0 Å². The van der Waals surface area contributed by atoms with Crippen LogP contribution in [0, 0.1) is 33.6 Å². The maximum absolute atomic E-state index is 13.3. The van der Waals surface area contributed by atoms with E-state index >= 15 is 0 Å². The number of nitro groups is 1. The van der Waals surface area contributed by atoms with E-state index in [9.17, 15) is 23.7 Å². The van der Waals surface area contributed by atoms with Crippen molar-refractivity contribution in [3.05, 3.63) is 39.4 Å². The summed E-state index contributed by atoms with van der Waals surface area (Å²) >= 11 is 1.08. The third-order valence-corrected chi connectivity index (χ3v) is 2.80. The van der Waals surface area contributed by atoms with Crippen molar-refractivity contribution in [1.29, 1.82) is 0 Å². The average Bonchev–Trinajstić information content (AvgIpc) is 2.30. The highest BCUT2D eigenvalue weighted by Gasteiger charge is 2.17. The second-order valence-corrected chi connectivity index (χ2v) is 4.70. The van der Waals surface area contributed by atoms with Crippen LogP contribution in [0.5, 0.6) is 0 Å². The van der Waals surface area contributed by atoms with Gasteiger partial charge in [0.15, 0.2) is 5.12 Å². The van der Waals surface area contributed by atoms with Crippen LogP contribution >= 0.6 is 11.8 Å². The smallest absolute Gasteiger partial charge is 0.288 e. The Morgan fingerprint density at radius 3 is 2.68 bits per heavy atom. The second-order valence-electron chi connectivity index (χ2n) is 3.43. The van der Waals surface area contributed by atoms with Crippen molar-refractivity contribution < 1.29 is 18.5 Å². The van der Waals surface area contributed by atoms with Gasteiger partial charge in [-0.1, -0.05) is 23.6 Å². The maximum atomic E-state index is 13.3. The molecule has 0 bridgehead atoms. The first-order valence-corrected chi connectivity index (χ1v) is 6.16. The number of thioether (sulfide) groups is 1. The topological polar surface area (TPSA) is 60.2 Å². The lowest BCUT2D eigenvalue weighted by Crippen LogP contribution is -1.96. The molecule has 19 heavy (non-hydrogen) atoms. The molecule has 0 radical (unpaired) electrons. The van der Waals surface area contributed by atoms with Gasteiger partial charge in [0.1, 0.15) is 5.82 Å². The van der Waals surface area contributed by atoms with Gasteiger partial charge in [0.2, 0.25) is 5.82 Å². The Bertz CT molecular complexity index is 578. The summed E-state index contributed by atoms with van der Waals surface area (Å²) in [5.74, 6) is 3.23. The lowest BCUT2D eigenvalue weighted by molar-refractivity contribution is -0.387. The number of benzene rings is 1. The standard InChI is InChI=1S/C12H9F2NO3S/c1-8(16)19-5-3-2-4-9-6-12(15(17)18)11(14)7-10(9)13/h6-7H,3,5H2,1H3. The molecule has 0 spiro atoms. The minimum Gasteiger partial charge on any atom is -0.288 e. The van der Waals surface area contributed by atoms with Gasteiger partial charge in [-0.05, 0) is 0 Å². The van der Waals surface area contributed by atoms with Crippen LogP contribution in [-0.4, -0.2) is 15.8 Å². The van der Waals surface area contributed by atoms with E-state index in [0.717, 1.165) is 17.8 Å². The van der Waals surface area contributed by atoms with Crippen molar-refractivity contribution in [2.75, 3.05) is 5.75 Å². The van der Waals surface area contributed by atoms with Gasteiger partial charge in [-0.15, -0.1) is 0 Å². The number of rotatable bonds is 3. The zero-order valence-corrected chi connectivity index (χ0v) is 10.7. The second kappa shape index (κ2) is 6.85. The van der Waals surface area contributed by atoms with Gasteiger partial charge in [-0.3, -0.25) is 14.9 Å². The normalized spacial score (nSPS) is 9.63. The first kappa shape index (κ1) is 15.1. The number of carbonyl (C=O) groups is 1. The third-order valence-electron chi connectivity index (χ3n) is 1.99. The highest BCUT2D eigenvalue weighted by Crippen LogP contribution is 2.20. The lowest BCUT2D eigenvalue weighted by atomic mass is 10.2. The number of nitro benzene ring substituents is 1. The minimum atomic E-state index is -1.24. The molecule has 0 aliphatic carbocycles. The van der Waals surface area contributed by atoms with Crippen LogP contribution in [0.2, 0.25) is 0 Å². The van der Waals surface area contributed by atoms with E-state index in [1.54, 1.807) is 0 Å². The van der Waals surface area contributed by atoms with E-state index in [-0.39, 0.29) is 10.7 Å². The summed E-state index contributed by atoms with van der Waals surface area (Å²) in [7, 11) is 0. The third kappa shape index (κ3) is 4.67. The summed E-state index contributed by atoms with van der Waals surface area (Å²) < 4.78 is 26.3. The van der Waals surface area contributed by atoms with Crippen molar-refractivity contribution in [2.45, 2.75) is 13.3 Å². The van der Waals surface area contributed by atoms with Crippen molar-refractivity contribution in [3.63, 3.8) is 0 Å². The van der Waals surface area contributed by atoms with Crippen LogP contribution in [0.3, 0.4) is 0 Å². The van der Waals surface area contributed by atoms with Crippen LogP contribution in [0.1, 0.15) is 18.9 Å². The van der Waals surface area contributed by atoms with Gasteiger partial charge < -0.3 is 0 Å². The number of hydrogen-bond acceptors (Lipinski definition) is 4. The maximum Gasteiger partial charge on any atom is 0.306 e. The SMILES string of the molecule is CC(=O)SCCC#Cc1cc([N+](=O)[O-])c(F)cc1F. The van der Waals surface area contributed by atoms with Crippen LogP contribution in [0.25, 0.3) is 0 Å². The van der Waals surface area contributed by atoms with Crippen LogP contribution < -0.4 is 0 Å². The summed E-state index contributed by atoms with van der Waals surface area (Å²) in [4.78, 5) is 20.2. The van der Waals surface area contributed by atoms with Gasteiger partial charge in [-0.25, -0.2) is 4.39 Å². The molecule has 0 aliphatic heterocycles. The molecule has 0 aromatic heterocycles. The Morgan fingerprint density at radius 2 is 2.11 bits per heavy atom. The first-order valence-electron chi connectivity index (χ1n) is 5.17. The fourth-order valence-electron chi connectivity index (χ4n) is 1.18. The Hall–Kier alpha value is -1.94. The zero-order valence-electron chi connectivity index (χ0n) is 9.91. The largest absolute Gasteiger partial charge is 0.306 e. The first-order chi connectivity index (χ1) is 8.91. The molecule has 0 saturated carbocycles. The summed E-state index contributed by atoms with van der Waals surface area (Å²) in [5, 5.41) is 10.4. The monoisotopic (exact) mass is 285 g/mol.